The van der Waals surface area contributed by atoms with E-state index < -0.39 is 0 Å². The first-order chi connectivity index (χ1) is 10.6. The number of H-pyrrole nitrogens is 1. The first-order valence-corrected chi connectivity index (χ1v) is 7.26. The molecule has 1 amide bonds. The van der Waals surface area contributed by atoms with Crippen LogP contribution in [0.25, 0.3) is 0 Å². The van der Waals surface area contributed by atoms with Crippen LogP contribution >= 0.6 is 0 Å². The minimum Gasteiger partial charge on any atom is -0.371 e. The fourth-order valence-electron chi connectivity index (χ4n) is 2.68. The Hall–Kier alpha value is -2.40. The monoisotopic (exact) mass is 298 g/mol. The largest absolute Gasteiger partial charge is 0.371 e. The third kappa shape index (κ3) is 3.09. The number of rotatable bonds is 3. The average Bonchev–Trinajstić information content (AvgIpc) is 2.55. The number of pyridine rings is 1. The second-order valence-corrected chi connectivity index (χ2v) is 5.53. The number of nitrogens with one attached hydrogen (secondary N) is 1. The normalized spacial score (nSPS) is 16.9. The highest BCUT2D eigenvalue weighted by Crippen LogP contribution is 2.20. The fraction of sp³-hybridized carbons (Fsp3) is 0.294. The molecule has 5 nitrogen and oxygen atoms in total. The molecule has 0 fully saturated rings. The molecule has 1 aliphatic rings. The zero-order valence-electron chi connectivity index (χ0n) is 12.4. The smallest absolute Gasteiger partial charge is 0.255 e. The summed E-state index contributed by atoms with van der Waals surface area (Å²) in [6, 6.07) is 11.1. The van der Waals surface area contributed by atoms with Crippen LogP contribution in [0, 0.1) is 0 Å². The van der Waals surface area contributed by atoms with E-state index in [4.69, 9.17) is 4.74 Å². The first kappa shape index (κ1) is 14.5. The molecule has 1 aliphatic heterocycles. The van der Waals surface area contributed by atoms with E-state index in [0.717, 1.165) is 6.42 Å². The molecule has 0 saturated carbocycles. The van der Waals surface area contributed by atoms with E-state index in [1.807, 2.05) is 12.1 Å². The fourth-order valence-corrected chi connectivity index (χ4v) is 2.68. The summed E-state index contributed by atoms with van der Waals surface area (Å²) >= 11 is 0. The maximum absolute atomic E-state index is 12.3. The Balaban J connectivity index is 1.65. The van der Waals surface area contributed by atoms with E-state index in [1.54, 1.807) is 11.9 Å². The van der Waals surface area contributed by atoms with Crippen molar-refractivity contribution >= 4 is 5.91 Å². The summed E-state index contributed by atoms with van der Waals surface area (Å²) in [6.07, 6.45) is 2.24. The van der Waals surface area contributed by atoms with E-state index in [0.29, 0.717) is 18.7 Å². The molecule has 1 N–H and O–H groups in total. The third-order valence-corrected chi connectivity index (χ3v) is 3.90. The molecule has 5 heteroatoms. The molecule has 0 radical (unpaired) electrons. The van der Waals surface area contributed by atoms with Gasteiger partial charge < -0.3 is 14.6 Å². The molecule has 0 unspecified atom stereocenters. The van der Waals surface area contributed by atoms with Crippen molar-refractivity contribution in [1.29, 1.82) is 0 Å². The van der Waals surface area contributed by atoms with Crippen LogP contribution in [0.15, 0.2) is 47.4 Å². The van der Waals surface area contributed by atoms with Gasteiger partial charge in [-0.2, -0.15) is 0 Å². The minimum atomic E-state index is -0.216. The summed E-state index contributed by atoms with van der Waals surface area (Å²) in [7, 11) is 1.75. The highest BCUT2D eigenvalue weighted by Gasteiger charge is 2.22. The van der Waals surface area contributed by atoms with Gasteiger partial charge in [-0.15, -0.1) is 0 Å². The van der Waals surface area contributed by atoms with Gasteiger partial charge in [0.05, 0.1) is 18.3 Å². The molecule has 3 rings (SSSR count). The van der Waals surface area contributed by atoms with Crippen LogP contribution in [0.4, 0.5) is 0 Å². The van der Waals surface area contributed by atoms with Gasteiger partial charge >= 0.3 is 0 Å². The second kappa shape index (κ2) is 6.15. The number of likely N-dealkylation sites (N-methyl/N-ethyl adjacent to an activating group) is 1. The van der Waals surface area contributed by atoms with Crippen molar-refractivity contribution in [3.05, 3.63) is 69.6 Å². The molecule has 1 aromatic heterocycles. The maximum Gasteiger partial charge on any atom is 0.255 e. The van der Waals surface area contributed by atoms with Crippen LogP contribution in [0.5, 0.6) is 0 Å². The van der Waals surface area contributed by atoms with Gasteiger partial charge in [-0.1, -0.05) is 24.3 Å². The van der Waals surface area contributed by atoms with Gasteiger partial charge in [-0.25, -0.2) is 0 Å². The molecule has 1 aromatic carbocycles. The summed E-state index contributed by atoms with van der Waals surface area (Å²) in [5.41, 5.74) is 2.75. The van der Waals surface area contributed by atoms with Crippen LogP contribution in [0.3, 0.4) is 0 Å². The third-order valence-electron chi connectivity index (χ3n) is 3.90. The Morgan fingerprint density at radius 2 is 2.05 bits per heavy atom. The van der Waals surface area contributed by atoms with E-state index >= 15 is 0 Å². The lowest BCUT2D eigenvalue weighted by Gasteiger charge is -2.29. The zero-order chi connectivity index (χ0) is 15.5. The number of fused-ring (bicyclic) bond motifs is 1. The SMILES string of the molecule is CN(C[C@@H]1Cc2ccccc2CO1)C(=O)c1ccc(=O)[nH]c1. The quantitative estimate of drug-likeness (QED) is 0.936. The lowest BCUT2D eigenvalue weighted by atomic mass is 9.99. The molecule has 0 bridgehead atoms. The highest BCUT2D eigenvalue weighted by molar-refractivity contribution is 5.93. The van der Waals surface area contributed by atoms with E-state index in [9.17, 15) is 9.59 Å². The van der Waals surface area contributed by atoms with Gasteiger partial charge in [-0.05, 0) is 17.2 Å². The van der Waals surface area contributed by atoms with Gasteiger partial charge in [0.2, 0.25) is 5.56 Å². The number of carbonyl (C=O) groups is 1. The van der Waals surface area contributed by atoms with E-state index in [1.165, 1.54) is 29.5 Å². The van der Waals surface area contributed by atoms with Gasteiger partial charge in [-0.3, -0.25) is 9.59 Å². The summed E-state index contributed by atoms with van der Waals surface area (Å²) in [5.74, 6) is -0.126. The van der Waals surface area contributed by atoms with Crippen LogP contribution in [0.1, 0.15) is 21.5 Å². The van der Waals surface area contributed by atoms with Gasteiger partial charge in [0.25, 0.3) is 5.91 Å². The standard InChI is InChI=1S/C17H18N2O3/c1-19(17(21)13-6-7-16(20)18-9-13)10-15-8-12-4-2-3-5-14(12)11-22-15/h2-7,9,15H,8,10-11H2,1H3,(H,18,20)/t15-/m0/s1. The van der Waals surface area contributed by atoms with Crippen molar-refractivity contribution < 1.29 is 9.53 Å². The second-order valence-electron chi connectivity index (χ2n) is 5.53. The Morgan fingerprint density at radius 1 is 1.27 bits per heavy atom. The molecule has 0 saturated heterocycles. The lowest BCUT2D eigenvalue weighted by molar-refractivity contribution is 0.00984. The molecule has 0 spiro atoms. The summed E-state index contributed by atoms with van der Waals surface area (Å²) in [4.78, 5) is 27.5. The van der Waals surface area contributed by atoms with Crippen LogP contribution in [-0.4, -0.2) is 35.5 Å². The average molecular weight is 298 g/mol. The topological polar surface area (TPSA) is 62.4 Å². The van der Waals surface area contributed by atoms with Crippen LogP contribution in [-0.2, 0) is 17.8 Å². The minimum absolute atomic E-state index is 0.00777. The Bertz CT molecular complexity index is 718. The van der Waals surface area contributed by atoms with Crippen molar-refractivity contribution in [2.45, 2.75) is 19.1 Å². The first-order valence-electron chi connectivity index (χ1n) is 7.26. The highest BCUT2D eigenvalue weighted by atomic mass is 16.5. The van der Waals surface area contributed by atoms with Gasteiger partial charge in [0, 0.05) is 32.3 Å². The number of hydrogen-bond acceptors (Lipinski definition) is 3. The summed E-state index contributed by atoms with van der Waals surface area (Å²) < 4.78 is 5.83. The zero-order valence-corrected chi connectivity index (χ0v) is 12.4. The Labute approximate surface area is 128 Å². The maximum atomic E-state index is 12.3. The van der Waals surface area contributed by atoms with Crippen molar-refractivity contribution in [3.8, 4) is 0 Å². The van der Waals surface area contributed by atoms with E-state index in [-0.39, 0.29) is 17.6 Å². The number of aromatic nitrogens is 1. The van der Waals surface area contributed by atoms with Crippen LogP contribution in [0.2, 0.25) is 0 Å². The molecule has 0 aliphatic carbocycles. The van der Waals surface area contributed by atoms with Crippen molar-refractivity contribution in [1.82, 2.24) is 9.88 Å². The number of benzene rings is 1. The van der Waals surface area contributed by atoms with Crippen molar-refractivity contribution in [2.24, 2.45) is 0 Å². The van der Waals surface area contributed by atoms with Gasteiger partial charge in [0.15, 0.2) is 0 Å². The molecule has 22 heavy (non-hydrogen) atoms. The Morgan fingerprint density at radius 3 is 2.77 bits per heavy atom. The van der Waals surface area contributed by atoms with Crippen molar-refractivity contribution in [2.75, 3.05) is 13.6 Å². The number of hydrogen-bond donors (Lipinski definition) is 1. The molecular weight excluding hydrogens is 280 g/mol. The summed E-state index contributed by atoms with van der Waals surface area (Å²) in [5, 5.41) is 0. The molecule has 114 valence electrons. The molecule has 2 aromatic rings. The lowest BCUT2D eigenvalue weighted by Crippen LogP contribution is -2.38. The molecular formula is C17H18N2O3. The van der Waals surface area contributed by atoms with Crippen molar-refractivity contribution in [3.63, 3.8) is 0 Å². The molecule has 1 atom stereocenters. The predicted molar refractivity (Wildman–Crippen MR) is 82.7 cm³/mol. The van der Waals surface area contributed by atoms with Crippen LogP contribution < -0.4 is 5.56 Å². The summed E-state index contributed by atoms with van der Waals surface area (Å²) in [6.45, 7) is 1.10. The number of carbonyl (C=O) groups excluding carboxylic acids is 1. The number of ether oxygens (including phenoxy) is 1. The number of amides is 1. The number of nitrogens with zero attached hydrogens (tertiary/aromatic N) is 1. The molecule has 2 heterocycles. The predicted octanol–water partition coefficient (Wildman–Crippen LogP) is 1.59. The number of aromatic amines is 1. The van der Waals surface area contributed by atoms with E-state index in [2.05, 4.69) is 17.1 Å². The van der Waals surface area contributed by atoms with Gasteiger partial charge in [0.1, 0.15) is 0 Å². The Kier molecular flexibility index (Phi) is 4.06.